The largest absolute Gasteiger partial charge is 0.488 e. The highest BCUT2D eigenvalue weighted by atomic mass is 19.1. The zero-order chi connectivity index (χ0) is 34.4. The number of carbonyl (C=O) groups is 3. The number of imide groups is 1. The summed E-state index contributed by atoms with van der Waals surface area (Å²) in [6.45, 7) is -14.4. The summed E-state index contributed by atoms with van der Waals surface area (Å²) < 4.78 is 121. The molecule has 34 heavy (non-hydrogen) atoms. The molecule has 3 aliphatic rings. The molecule has 0 unspecified atom stereocenters. The summed E-state index contributed by atoms with van der Waals surface area (Å²) >= 11 is 0. The molecule has 0 aromatic heterocycles. The third kappa shape index (κ3) is 4.53. The van der Waals surface area contributed by atoms with Crippen LogP contribution in [0.5, 0.6) is 5.75 Å². The Morgan fingerprint density at radius 3 is 2.79 bits per heavy atom. The lowest BCUT2D eigenvalue weighted by atomic mass is 10.0. The Bertz CT molecular complexity index is 1610. The van der Waals surface area contributed by atoms with E-state index in [0.717, 1.165) is 11.0 Å². The highest BCUT2D eigenvalue weighted by molar-refractivity contribution is 6.05. The predicted molar refractivity (Wildman–Crippen MR) is 119 cm³/mol. The van der Waals surface area contributed by atoms with Crippen LogP contribution in [0.2, 0.25) is 0 Å². The standard InChI is InChI=1S/C25H26FN3O5/c26-20-12-16(13-28-8-10-33-11-9-28)4-5-17(20)15-34-22-3-1-2-18-19(22)14-29(25(18)32)21-6-7-23(30)27-24(21)31/h1-5,12,21H,6-11,13-15H2,(H,27,30,31)/t21-/m1/s1/i6D2,7D2,8D2,9D2,10D2,11D2. The Kier molecular flexibility index (Phi) is 3.48. The summed E-state index contributed by atoms with van der Waals surface area (Å²) in [5, 5.41) is 1.77. The maximum atomic E-state index is 15.2. The van der Waals surface area contributed by atoms with Crippen LogP contribution in [0, 0.1) is 5.82 Å². The van der Waals surface area contributed by atoms with Crippen LogP contribution < -0.4 is 10.1 Å². The summed E-state index contributed by atoms with van der Waals surface area (Å²) in [5.74, 6) is -4.30. The molecule has 3 aliphatic heterocycles. The van der Waals surface area contributed by atoms with Crippen molar-refractivity contribution >= 4 is 17.7 Å². The van der Waals surface area contributed by atoms with E-state index in [2.05, 4.69) is 4.74 Å². The Labute approximate surface area is 213 Å². The normalized spacial score (nSPS) is 35.0. The van der Waals surface area contributed by atoms with E-state index in [9.17, 15) is 14.4 Å². The molecule has 3 amide bonds. The van der Waals surface area contributed by atoms with Gasteiger partial charge in [0.2, 0.25) is 11.8 Å². The molecule has 0 radical (unpaired) electrons. The van der Waals surface area contributed by atoms with Crippen LogP contribution in [0.15, 0.2) is 36.4 Å². The van der Waals surface area contributed by atoms with E-state index in [1.165, 1.54) is 30.3 Å². The van der Waals surface area contributed by atoms with Crippen LogP contribution in [0.1, 0.15) is 56.2 Å². The van der Waals surface area contributed by atoms with Gasteiger partial charge in [0.15, 0.2) is 0 Å². The number of halogens is 1. The van der Waals surface area contributed by atoms with Crippen molar-refractivity contribution in [1.82, 2.24) is 15.1 Å². The number of piperidine rings is 1. The number of morpholine rings is 1. The van der Waals surface area contributed by atoms with Gasteiger partial charge < -0.3 is 14.4 Å². The molecule has 2 saturated heterocycles. The number of hydrogen-bond donors (Lipinski definition) is 1. The van der Waals surface area contributed by atoms with Gasteiger partial charge in [-0.2, -0.15) is 0 Å². The summed E-state index contributed by atoms with van der Waals surface area (Å²) in [5.41, 5.74) is 0.146. The zero-order valence-corrected chi connectivity index (χ0v) is 17.5. The Morgan fingerprint density at radius 1 is 1.18 bits per heavy atom. The summed E-state index contributed by atoms with van der Waals surface area (Å²) in [6.07, 6.45) is -6.21. The molecule has 0 spiro atoms. The van der Waals surface area contributed by atoms with Gasteiger partial charge in [-0.3, -0.25) is 24.6 Å². The lowest BCUT2D eigenvalue weighted by molar-refractivity contribution is -0.136. The van der Waals surface area contributed by atoms with Crippen molar-refractivity contribution in [3.63, 3.8) is 0 Å². The SMILES string of the molecule is [2H]C1([2H])OC([2H])([2H])C([2H])([2H])N(Cc2ccc(COc3cccc4c3CN([C@H]3C(=O)NC(=O)C([2H])([2H])C3([2H])[2H])C4=O)c(F)c2)C1([2H])[2H]. The minimum Gasteiger partial charge on any atom is -0.488 e. The van der Waals surface area contributed by atoms with Gasteiger partial charge in [0.25, 0.3) is 5.91 Å². The minimum atomic E-state index is -3.26. The van der Waals surface area contributed by atoms with Gasteiger partial charge in [0.1, 0.15) is 24.2 Å². The second-order valence-electron chi connectivity index (χ2n) is 7.54. The third-order valence-electron chi connectivity index (χ3n) is 5.38. The van der Waals surface area contributed by atoms with Crippen LogP contribution in [-0.2, 0) is 34.0 Å². The van der Waals surface area contributed by atoms with Crippen LogP contribution in [0.25, 0.3) is 0 Å². The van der Waals surface area contributed by atoms with Crippen molar-refractivity contribution in [3.8, 4) is 5.75 Å². The van der Waals surface area contributed by atoms with Gasteiger partial charge >= 0.3 is 0 Å². The summed E-state index contributed by atoms with van der Waals surface area (Å²) in [6, 6.07) is 5.69. The molecule has 3 heterocycles. The van der Waals surface area contributed by atoms with E-state index in [-0.39, 0.29) is 32.9 Å². The molecule has 8 nitrogen and oxygen atoms in total. The number of carbonyl (C=O) groups excluding carboxylic acids is 3. The smallest absolute Gasteiger partial charge is 0.255 e. The fourth-order valence-corrected chi connectivity index (χ4v) is 3.73. The monoisotopic (exact) mass is 479 g/mol. The molecule has 1 atom stereocenters. The van der Waals surface area contributed by atoms with Gasteiger partial charge in [-0.1, -0.05) is 18.2 Å². The fourth-order valence-electron chi connectivity index (χ4n) is 3.73. The van der Waals surface area contributed by atoms with Crippen molar-refractivity contribution < 1.29 is 44.7 Å². The molecule has 178 valence electrons. The van der Waals surface area contributed by atoms with E-state index in [0.29, 0.717) is 0 Å². The summed E-state index contributed by atoms with van der Waals surface area (Å²) in [7, 11) is 0. The van der Waals surface area contributed by atoms with Crippen LogP contribution in [0.4, 0.5) is 4.39 Å². The van der Waals surface area contributed by atoms with E-state index < -0.39 is 88.1 Å². The van der Waals surface area contributed by atoms with E-state index in [1.54, 1.807) is 5.32 Å². The number of nitrogens with zero attached hydrogens (tertiary/aromatic N) is 2. The molecule has 2 aromatic carbocycles. The minimum absolute atomic E-state index is 0.0168. The molecule has 2 fully saturated rings. The highest BCUT2D eigenvalue weighted by Gasteiger charge is 2.40. The first kappa shape index (κ1) is 12.4. The number of hydrogen-bond acceptors (Lipinski definition) is 6. The molecular weight excluding hydrogens is 441 g/mol. The number of nitrogens with one attached hydrogen (secondary N) is 1. The first-order valence-corrected chi connectivity index (χ1v) is 10.1. The van der Waals surface area contributed by atoms with Crippen molar-refractivity contribution in [2.45, 2.75) is 38.5 Å². The molecular formula is C25H26FN3O5. The lowest BCUT2D eigenvalue weighted by Gasteiger charge is -2.29. The topological polar surface area (TPSA) is 88.2 Å². The van der Waals surface area contributed by atoms with Gasteiger partial charge in [-0.25, -0.2) is 4.39 Å². The van der Waals surface area contributed by atoms with Gasteiger partial charge in [-0.15, -0.1) is 0 Å². The maximum Gasteiger partial charge on any atom is 0.255 e. The Hall–Kier alpha value is -3.30. The molecule has 0 bridgehead atoms. The van der Waals surface area contributed by atoms with Crippen molar-refractivity contribution in [3.05, 3.63) is 64.5 Å². The lowest BCUT2D eigenvalue weighted by Crippen LogP contribution is -2.52. The van der Waals surface area contributed by atoms with E-state index in [1.807, 2.05) is 0 Å². The average Bonchev–Trinajstić information content (AvgIpc) is 3.25. The molecule has 9 heteroatoms. The fraction of sp³-hybridized carbons (Fsp3) is 0.400. The summed E-state index contributed by atoms with van der Waals surface area (Å²) in [4.78, 5) is 38.9. The number of ether oxygens (including phenoxy) is 2. The molecule has 5 rings (SSSR count). The van der Waals surface area contributed by atoms with Crippen LogP contribution >= 0.6 is 0 Å². The first-order chi connectivity index (χ1) is 21.0. The predicted octanol–water partition coefficient (Wildman–Crippen LogP) is 2.00. The zero-order valence-electron chi connectivity index (χ0n) is 29.5. The second-order valence-corrected chi connectivity index (χ2v) is 7.54. The molecule has 2 aromatic rings. The van der Waals surface area contributed by atoms with E-state index >= 15 is 4.39 Å². The van der Waals surface area contributed by atoms with Gasteiger partial charge in [-0.05, 0) is 30.1 Å². The number of fused-ring (bicyclic) bond motifs is 1. The quantitative estimate of drug-likeness (QED) is 0.638. The van der Waals surface area contributed by atoms with Crippen LogP contribution in [0.3, 0.4) is 0 Å². The number of benzene rings is 2. The molecule has 0 saturated carbocycles. The average molecular weight is 480 g/mol. The molecule has 0 aliphatic carbocycles. The Balaban J connectivity index is 1.35. The maximum absolute atomic E-state index is 15.2. The van der Waals surface area contributed by atoms with Gasteiger partial charge in [0, 0.05) is 53.6 Å². The van der Waals surface area contributed by atoms with Crippen molar-refractivity contribution in [1.29, 1.82) is 0 Å². The van der Waals surface area contributed by atoms with Crippen LogP contribution in [-0.4, -0.2) is 59.7 Å². The first-order valence-electron chi connectivity index (χ1n) is 16.1. The Morgan fingerprint density at radius 2 is 2.00 bits per heavy atom. The van der Waals surface area contributed by atoms with Crippen molar-refractivity contribution in [2.24, 2.45) is 0 Å². The van der Waals surface area contributed by atoms with E-state index in [4.69, 9.17) is 21.2 Å². The number of amides is 3. The number of rotatable bonds is 6. The van der Waals surface area contributed by atoms with Gasteiger partial charge in [0.05, 0.1) is 25.1 Å². The second kappa shape index (κ2) is 9.52. The highest BCUT2D eigenvalue weighted by Crippen LogP contribution is 2.34. The van der Waals surface area contributed by atoms with Crippen molar-refractivity contribution in [2.75, 3.05) is 26.1 Å². The third-order valence-corrected chi connectivity index (χ3v) is 5.38. The molecule has 1 N–H and O–H groups in total.